The van der Waals surface area contributed by atoms with E-state index in [9.17, 15) is 0 Å². The number of hydrogen-bond acceptors (Lipinski definition) is 2. The van der Waals surface area contributed by atoms with E-state index in [0.29, 0.717) is 6.04 Å². The van der Waals surface area contributed by atoms with Crippen LogP contribution in [-0.4, -0.2) is 6.10 Å². The Morgan fingerprint density at radius 2 is 1.62 bits per heavy atom. The summed E-state index contributed by atoms with van der Waals surface area (Å²) in [5, 5.41) is 3.57. The van der Waals surface area contributed by atoms with Crippen molar-refractivity contribution in [1.29, 1.82) is 0 Å². The van der Waals surface area contributed by atoms with Crippen LogP contribution >= 0.6 is 15.9 Å². The smallest absolute Gasteiger partial charge is 0.119 e. The van der Waals surface area contributed by atoms with Crippen LogP contribution in [0.15, 0.2) is 53.0 Å². The summed E-state index contributed by atoms with van der Waals surface area (Å²) in [7, 11) is 0. The number of anilines is 1. The zero-order valence-corrected chi connectivity index (χ0v) is 14.4. The fraction of sp³-hybridized carbons (Fsp3) is 0.333. The first-order valence-corrected chi connectivity index (χ1v) is 8.16. The number of nitrogens with one attached hydrogen (secondary N) is 1. The monoisotopic (exact) mass is 347 g/mol. The number of halogens is 1. The van der Waals surface area contributed by atoms with Crippen LogP contribution in [-0.2, 0) is 0 Å². The highest BCUT2D eigenvalue weighted by Gasteiger charge is 2.09. The standard InChI is InChI=1S/C18H22BrNO/c1-4-18(14-5-7-15(19)8-6-14)20-16-9-11-17(12-10-16)21-13(2)3/h5-13,18,20H,4H2,1-3H3. The molecular weight excluding hydrogens is 326 g/mol. The van der Waals surface area contributed by atoms with Crippen molar-refractivity contribution in [2.45, 2.75) is 39.3 Å². The van der Waals surface area contributed by atoms with E-state index < -0.39 is 0 Å². The van der Waals surface area contributed by atoms with Gasteiger partial charge in [0.25, 0.3) is 0 Å². The Morgan fingerprint density at radius 3 is 2.14 bits per heavy atom. The molecule has 0 aromatic heterocycles. The highest BCUT2D eigenvalue weighted by Crippen LogP contribution is 2.25. The van der Waals surface area contributed by atoms with E-state index in [4.69, 9.17) is 4.74 Å². The van der Waals surface area contributed by atoms with Gasteiger partial charge < -0.3 is 10.1 Å². The highest BCUT2D eigenvalue weighted by atomic mass is 79.9. The van der Waals surface area contributed by atoms with Gasteiger partial charge in [0.15, 0.2) is 0 Å². The van der Waals surface area contributed by atoms with Crippen molar-refractivity contribution < 1.29 is 4.74 Å². The quantitative estimate of drug-likeness (QED) is 0.712. The third kappa shape index (κ3) is 4.78. The van der Waals surface area contributed by atoms with Gasteiger partial charge in [-0.3, -0.25) is 0 Å². The predicted octanol–water partition coefficient (Wildman–Crippen LogP) is 5.80. The average Bonchev–Trinajstić information content (AvgIpc) is 2.47. The minimum atomic E-state index is 0.204. The molecule has 0 aliphatic rings. The number of rotatable bonds is 6. The Hall–Kier alpha value is -1.48. The molecule has 2 rings (SSSR count). The Balaban J connectivity index is 2.06. The maximum Gasteiger partial charge on any atom is 0.119 e. The van der Waals surface area contributed by atoms with Crippen molar-refractivity contribution in [2.75, 3.05) is 5.32 Å². The largest absolute Gasteiger partial charge is 0.491 e. The lowest BCUT2D eigenvalue weighted by molar-refractivity contribution is 0.242. The first kappa shape index (κ1) is 15.9. The predicted molar refractivity (Wildman–Crippen MR) is 93.0 cm³/mol. The summed E-state index contributed by atoms with van der Waals surface area (Å²) >= 11 is 3.48. The molecule has 0 saturated carbocycles. The highest BCUT2D eigenvalue weighted by molar-refractivity contribution is 9.10. The summed E-state index contributed by atoms with van der Waals surface area (Å²) in [5.74, 6) is 0.909. The molecule has 0 aliphatic carbocycles. The first-order chi connectivity index (χ1) is 10.1. The Bertz CT molecular complexity index is 548. The van der Waals surface area contributed by atoms with Crippen molar-refractivity contribution in [3.05, 3.63) is 58.6 Å². The van der Waals surface area contributed by atoms with Crippen LogP contribution in [0.3, 0.4) is 0 Å². The second kappa shape index (κ2) is 7.51. The molecule has 1 atom stereocenters. The van der Waals surface area contributed by atoms with E-state index in [1.165, 1.54) is 5.56 Å². The molecule has 0 radical (unpaired) electrons. The second-order valence-electron chi connectivity index (χ2n) is 5.35. The van der Waals surface area contributed by atoms with E-state index in [-0.39, 0.29) is 6.10 Å². The molecule has 21 heavy (non-hydrogen) atoms. The van der Waals surface area contributed by atoms with Crippen LogP contribution in [0.5, 0.6) is 5.75 Å². The van der Waals surface area contributed by atoms with Crippen molar-refractivity contribution in [3.63, 3.8) is 0 Å². The summed E-state index contributed by atoms with van der Waals surface area (Å²) in [6.45, 7) is 6.26. The van der Waals surface area contributed by atoms with Gasteiger partial charge in [0.05, 0.1) is 12.1 Å². The maximum atomic E-state index is 5.67. The fourth-order valence-electron chi connectivity index (χ4n) is 2.22. The van der Waals surface area contributed by atoms with Gasteiger partial charge in [0.1, 0.15) is 5.75 Å². The summed E-state index contributed by atoms with van der Waals surface area (Å²) in [5.41, 5.74) is 2.41. The molecule has 2 nitrogen and oxygen atoms in total. The number of ether oxygens (including phenoxy) is 1. The normalized spacial score (nSPS) is 12.2. The van der Waals surface area contributed by atoms with Gasteiger partial charge in [0.2, 0.25) is 0 Å². The maximum absolute atomic E-state index is 5.67. The summed E-state index contributed by atoms with van der Waals surface area (Å²) < 4.78 is 6.77. The van der Waals surface area contributed by atoms with Gasteiger partial charge in [-0.15, -0.1) is 0 Å². The molecule has 0 aliphatic heterocycles. The lowest BCUT2D eigenvalue weighted by atomic mass is 10.0. The third-order valence-electron chi connectivity index (χ3n) is 3.25. The van der Waals surface area contributed by atoms with Crippen molar-refractivity contribution >= 4 is 21.6 Å². The molecule has 3 heteroatoms. The van der Waals surface area contributed by atoms with Gasteiger partial charge in [-0.05, 0) is 62.2 Å². The number of hydrogen-bond donors (Lipinski definition) is 1. The molecule has 2 aromatic rings. The summed E-state index contributed by atoms with van der Waals surface area (Å²) in [6.07, 6.45) is 1.24. The number of benzene rings is 2. The molecule has 0 amide bonds. The molecule has 112 valence electrons. The Kier molecular flexibility index (Phi) is 5.68. The van der Waals surface area contributed by atoms with Gasteiger partial charge in [0, 0.05) is 10.2 Å². The lowest BCUT2D eigenvalue weighted by Gasteiger charge is -2.19. The minimum absolute atomic E-state index is 0.204. The minimum Gasteiger partial charge on any atom is -0.491 e. The molecule has 1 N–H and O–H groups in total. The summed E-state index contributed by atoms with van der Waals surface area (Å²) in [4.78, 5) is 0. The van der Waals surface area contributed by atoms with E-state index in [1.54, 1.807) is 0 Å². The van der Waals surface area contributed by atoms with E-state index in [1.807, 2.05) is 26.0 Å². The van der Waals surface area contributed by atoms with Crippen molar-refractivity contribution in [1.82, 2.24) is 0 Å². The molecule has 0 saturated heterocycles. The van der Waals surface area contributed by atoms with Crippen LogP contribution in [0.4, 0.5) is 5.69 Å². The lowest BCUT2D eigenvalue weighted by Crippen LogP contribution is -2.10. The van der Waals surface area contributed by atoms with Crippen LogP contribution < -0.4 is 10.1 Å². The van der Waals surface area contributed by atoms with Crippen molar-refractivity contribution in [3.8, 4) is 5.75 Å². The Morgan fingerprint density at radius 1 is 1.00 bits per heavy atom. The van der Waals surface area contributed by atoms with Gasteiger partial charge in [-0.2, -0.15) is 0 Å². The molecule has 0 heterocycles. The van der Waals surface area contributed by atoms with E-state index >= 15 is 0 Å². The molecule has 0 spiro atoms. The summed E-state index contributed by atoms with van der Waals surface area (Å²) in [6, 6.07) is 16.9. The third-order valence-corrected chi connectivity index (χ3v) is 3.78. The Labute approximate surface area is 135 Å². The average molecular weight is 348 g/mol. The first-order valence-electron chi connectivity index (χ1n) is 7.37. The van der Waals surface area contributed by atoms with Gasteiger partial charge in [-0.1, -0.05) is 35.0 Å². The topological polar surface area (TPSA) is 21.3 Å². The van der Waals surface area contributed by atoms with E-state index in [0.717, 1.165) is 22.3 Å². The van der Waals surface area contributed by atoms with Crippen LogP contribution in [0, 0.1) is 0 Å². The fourth-order valence-corrected chi connectivity index (χ4v) is 2.48. The zero-order chi connectivity index (χ0) is 15.2. The molecular formula is C18H22BrNO. The SMILES string of the molecule is CCC(Nc1ccc(OC(C)C)cc1)c1ccc(Br)cc1. The van der Waals surface area contributed by atoms with Crippen LogP contribution in [0.25, 0.3) is 0 Å². The molecule has 1 unspecified atom stereocenters. The molecule has 0 bridgehead atoms. The van der Waals surface area contributed by atoms with Gasteiger partial charge in [-0.25, -0.2) is 0 Å². The van der Waals surface area contributed by atoms with Crippen LogP contribution in [0.2, 0.25) is 0 Å². The van der Waals surface area contributed by atoms with Crippen molar-refractivity contribution in [2.24, 2.45) is 0 Å². The zero-order valence-electron chi connectivity index (χ0n) is 12.8. The van der Waals surface area contributed by atoms with Gasteiger partial charge >= 0.3 is 0 Å². The molecule has 2 aromatic carbocycles. The second-order valence-corrected chi connectivity index (χ2v) is 6.26. The van der Waals surface area contributed by atoms with Crippen LogP contribution in [0.1, 0.15) is 38.8 Å². The molecule has 0 fully saturated rings. The van der Waals surface area contributed by atoms with E-state index in [2.05, 4.69) is 64.6 Å².